The number of carbonyl (C=O) groups excluding carboxylic acids is 1. The Kier molecular flexibility index (Phi) is 4.53. The highest BCUT2D eigenvalue weighted by molar-refractivity contribution is 5.88. The van der Waals surface area contributed by atoms with Crippen molar-refractivity contribution >= 4 is 11.6 Å². The van der Waals surface area contributed by atoms with Crippen LogP contribution < -0.4 is 11.1 Å². The van der Waals surface area contributed by atoms with E-state index in [0.29, 0.717) is 18.0 Å². The molecule has 19 heavy (non-hydrogen) atoms. The van der Waals surface area contributed by atoms with Crippen molar-refractivity contribution in [3.8, 4) is 0 Å². The minimum atomic E-state index is -0.199. The molecule has 0 aromatic carbocycles. The Hall–Kier alpha value is -1.42. The molecule has 1 unspecified atom stereocenters. The molecule has 0 amide bonds. The fraction of sp³-hybridized carbons (Fsp3) is 0.600. The molecule has 1 fully saturated rings. The number of hydrogen-bond acceptors (Lipinski definition) is 4. The Labute approximate surface area is 114 Å². The first kappa shape index (κ1) is 14.0. The standard InChI is InChI=1S/C15H23N3O/c1-2-6-15(7-4-8-17-11-15)13(19)10-12-5-3-9-18-14(12)16/h3,5,9,17H,2,4,6-8,10-11H2,1H3,(H2,16,18). The average molecular weight is 261 g/mol. The number of piperidine rings is 1. The van der Waals surface area contributed by atoms with E-state index in [1.54, 1.807) is 6.20 Å². The summed E-state index contributed by atoms with van der Waals surface area (Å²) >= 11 is 0. The van der Waals surface area contributed by atoms with E-state index < -0.39 is 0 Å². The molecule has 4 heteroatoms. The van der Waals surface area contributed by atoms with Crippen LogP contribution in [-0.2, 0) is 11.2 Å². The van der Waals surface area contributed by atoms with Gasteiger partial charge in [-0.15, -0.1) is 0 Å². The second-order valence-electron chi connectivity index (χ2n) is 5.46. The molecule has 4 nitrogen and oxygen atoms in total. The van der Waals surface area contributed by atoms with Crippen molar-refractivity contribution in [1.29, 1.82) is 0 Å². The predicted octanol–water partition coefficient (Wildman–Crippen LogP) is 1.95. The van der Waals surface area contributed by atoms with Crippen LogP contribution in [-0.4, -0.2) is 23.9 Å². The van der Waals surface area contributed by atoms with E-state index in [1.165, 1.54) is 0 Å². The summed E-state index contributed by atoms with van der Waals surface area (Å²) in [6.45, 7) is 3.97. The van der Waals surface area contributed by atoms with Gasteiger partial charge < -0.3 is 11.1 Å². The monoisotopic (exact) mass is 261 g/mol. The van der Waals surface area contributed by atoms with Gasteiger partial charge in [0.1, 0.15) is 11.6 Å². The molecule has 0 bridgehead atoms. The third-order valence-electron chi connectivity index (χ3n) is 4.07. The SMILES string of the molecule is CCCC1(C(=O)Cc2cccnc2N)CCCNC1. The van der Waals surface area contributed by atoms with Gasteiger partial charge in [0.15, 0.2) is 0 Å². The zero-order chi connectivity index (χ0) is 13.7. The molecule has 0 radical (unpaired) electrons. The molecule has 1 saturated heterocycles. The van der Waals surface area contributed by atoms with Crippen molar-refractivity contribution < 1.29 is 4.79 Å². The highest BCUT2D eigenvalue weighted by atomic mass is 16.1. The van der Waals surface area contributed by atoms with Crippen molar-refractivity contribution in [3.05, 3.63) is 23.9 Å². The van der Waals surface area contributed by atoms with Gasteiger partial charge >= 0.3 is 0 Å². The van der Waals surface area contributed by atoms with E-state index in [4.69, 9.17) is 5.73 Å². The van der Waals surface area contributed by atoms with Gasteiger partial charge in [-0.1, -0.05) is 19.4 Å². The number of nitrogens with zero attached hydrogens (tertiary/aromatic N) is 1. The van der Waals surface area contributed by atoms with Gasteiger partial charge in [-0.2, -0.15) is 0 Å². The molecule has 0 spiro atoms. The fourth-order valence-corrected chi connectivity index (χ4v) is 3.00. The third-order valence-corrected chi connectivity index (χ3v) is 4.07. The number of ketones is 1. The van der Waals surface area contributed by atoms with Crippen LogP contribution in [0.15, 0.2) is 18.3 Å². The molecule has 2 rings (SSSR count). The molecule has 1 atom stereocenters. The molecule has 3 N–H and O–H groups in total. The van der Waals surface area contributed by atoms with Crippen molar-refractivity contribution in [2.45, 2.75) is 39.0 Å². The first-order valence-corrected chi connectivity index (χ1v) is 7.11. The summed E-state index contributed by atoms with van der Waals surface area (Å²) < 4.78 is 0. The van der Waals surface area contributed by atoms with E-state index in [0.717, 1.165) is 44.3 Å². The maximum Gasteiger partial charge on any atom is 0.144 e. The van der Waals surface area contributed by atoms with Gasteiger partial charge in [-0.25, -0.2) is 4.98 Å². The molecular formula is C15H23N3O. The van der Waals surface area contributed by atoms with E-state index in [1.807, 2.05) is 12.1 Å². The van der Waals surface area contributed by atoms with Crippen molar-refractivity contribution in [2.75, 3.05) is 18.8 Å². The van der Waals surface area contributed by atoms with E-state index >= 15 is 0 Å². The highest BCUT2D eigenvalue weighted by Crippen LogP contribution is 2.34. The molecule has 104 valence electrons. The zero-order valence-electron chi connectivity index (χ0n) is 11.6. The van der Waals surface area contributed by atoms with Gasteiger partial charge in [-0.3, -0.25) is 4.79 Å². The summed E-state index contributed by atoms with van der Waals surface area (Å²) in [6, 6.07) is 3.74. The lowest BCUT2D eigenvalue weighted by molar-refractivity contribution is -0.129. The van der Waals surface area contributed by atoms with E-state index in [9.17, 15) is 4.79 Å². The second kappa shape index (κ2) is 6.15. The predicted molar refractivity (Wildman–Crippen MR) is 76.8 cm³/mol. The topological polar surface area (TPSA) is 68.0 Å². The van der Waals surface area contributed by atoms with Gasteiger partial charge in [0.2, 0.25) is 0 Å². The molecular weight excluding hydrogens is 238 g/mol. The lowest BCUT2D eigenvalue weighted by Crippen LogP contribution is -2.46. The summed E-state index contributed by atoms with van der Waals surface area (Å²) in [5.74, 6) is 0.785. The lowest BCUT2D eigenvalue weighted by Gasteiger charge is -2.36. The number of rotatable bonds is 5. The quantitative estimate of drug-likeness (QED) is 0.850. The van der Waals surface area contributed by atoms with E-state index in [-0.39, 0.29) is 5.41 Å². The highest BCUT2D eigenvalue weighted by Gasteiger charge is 2.38. The van der Waals surface area contributed by atoms with Crippen molar-refractivity contribution in [1.82, 2.24) is 10.3 Å². The minimum Gasteiger partial charge on any atom is -0.383 e. The summed E-state index contributed by atoms with van der Waals surface area (Å²) in [5.41, 5.74) is 6.49. The zero-order valence-corrected chi connectivity index (χ0v) is 11.6. The third kappa shape index (κ3) is 3.13. The van der Waals surface area contributed by atoms with Gasteiger partial charge in [-0.05, 0) is 31.9 Å². The first-order chi connectivity index (χ1) is 9.18. The minimum absolute atomic E-state index is 0.199. The Bertz CT molecular complexity index is 433. The van der Waals surface area contributed by atoms with E-state index in [2.05, 4.69) is 17.2 Å². The second-order valence-corrected chi connectivity index (χ2v) is 5.46. The fourth-order valence-electron chi connectivity index (χ4n) is 3.00. The Morgan fingerprint density at radius 2 is 2.42 bits per heavy atom. The molecule has 2 heterocycles. The van der Waals surface area contributed by atoms with Crippen LogP contribution in [0.5, 0.6) is 0 Å². The van der Waals surface area contributed by atoms with Crippen LogP contribution in [0.1, 0.15) is 38.2 Å². The van der Waals surface area contributed by atoms with Crippen LogP contribution in [0.2, 0.25) is 0 Å². The Morgan fingerprint density at radius 1 is 1.58 bits per heavy atom. The number of carbonyl (C=O) groups is 1. The maximum atomic E-state index is 12.7. The van der Waals surface area contributed by atoms with Gasteiger partial charge in [0.25, 0.3) is 0 Å². The Balaban J connectivity index is 2.14. The summed E-state index contributed by atoms with van der Waals surface area (Å²) in [7, 11) is 0. The van der Waals surface area contributed by atoms with Crippen LogP contribution >= 0.6 is 0 Å². The molecule has 1 aromatic heterocycles. The number of Topliss-reactive ketones (excluding diaryl/α,β-unsaturated/α-hetero) is 1. The summed E-state index contributed by atoms with van der Waals surface area (Å²) in [4.78, 5) is 16.8. The average Bonchev–Trinajstić information content (AvgIpc) is 2.42. The van der Waals surface area contributed by atoms with Crippen LogP contribution in [0.25, 0.3) is 0 Å². The number of pyridine rings is 1. The Morgan fingerprint density at radius 3 is 3.05 bits per heavy atom. The lowest BCUT2D eigenvalue weighted by atomic mass is 9.72. The summed E-state index contributed by atoms with van der Waals surface area (Å²) in [6.07, 6.45) is 6.13. The van der Waals surface area contributed by atoms with Crippen molar-refractivity contribution in [3.63, 3.8) is 0 Å². The molecule has 1 aliphatic heterocycles. The molecule has 1 aromatic rings. The normalized spacial score (nSPS) is 23.2. The van der Waals surface area contributed by atoms with Crippen LogP contribution in [0, 0.1) is 5.41 Å². The number of aromatic nitrogens is 1. The first-order valence-electron chi connectivity index (χ1n) is 7.11. The summed E-state index contributed by atoms with van der Waals surface area (Å²) in [5, 5.41) is 3.37. The number of hydrogen-bond donors (Lipinski definition) is 2. The number of nitrogen functional groups attached to an aromatic ring is 1. The number of nitrogens with one attached hydrogen (secondary N) is 1. The van der Waals surface area contributed by atoms with Crippen molar-refractivity contribution in [2.24, 2.45) is 5.41 Å². The largest absolute Gasteiger partial charge is 0.383 e. The van der Waals surface area contributed by atoms with Crippen LogP contribution in [0.4, 0.5) is 5.82 Å². The molecule has 0 aliphatic carbocycles. The number of nitrogens with two attached hydrogens (primary N) is 1. The smallest absolute Gasteiger partial charge is 0.144 e. The number of anilines is 1. The van der Waals surface area contributed by atoms with Crippen LogP contribution in [0.3, 0.4) is 0 Å². The van der Waals surface area contributed by atoms with Gasteiger partial charge in [0.05, 0.1) is 0 Å². The maximum absolute atomic E-state index is 12.7. The molecule has 0 saturated carbocycles. The van der Waals surface area contributed by atoms with Gasteiger partial charge in [0, 0.05) is 30.1 Å². The molecule has 1 aliphatic rings.